The number of benzene rings is 8. The van der Waals surface area contributed by atoms with E-state index in [0.717, 1.165) is 55.9 Å². The Morgan fingerprint density at radius 1 is 0.357 bits per heavy atom. The lowest BCUT2D eigenvalue weighted by molar-refractivity contribution is -0.137. The van der Waals surface area contributed by atoms with Crippen molar-refractivity contribution in [1.82, 2.24) is 9.13 Å². The van der Waals surface area contributed by atoms with Gasteiger partial charge in [0.15, 0.2) is 0 Å². The maximum Gasteiger partial charge on any atom is 0.420 e. The zero-order chi connectivity index (χ0) is 38.1. The smallest absolute Gasteiger partial charge is 0.309 e. The number of alkyl halides is 3. The van der Waals surface area contributed by atoms with Crippen molar-refractivity contribution in [1.29, 1.82) is 0 Å². The Morgan fingerprint density at radius 3 is 1.27 bits per heavy atom. The van der Waals surface area contributed by atoms with E-state index in [1.165, 1.54) is 18.2 Å². The fourth-order valence-electron chi connectivity index (χ4n) is 8.21. The van der Waals surface area contributed by atoms with Crippen molar-refractivity contribution in [2.45, 2.75) is 6.18 Å². The van der Waals surface area contributed by atoms with Crippen LogP contribution in [0.25, 0.3) is 88.4 Å². The average Bonchev–Trinajstić information content (AvgIpc) is 3.73. The molecule has 0 aliphatic carbocycles. The summed E-state index contributed by atoms with van der Waals surface area (Å²) in [7, 11) is 0. The van der Waals surface area contributed by atoms with E-state index in [4.69, 9.17) is 0 Å². The fourth-order valence-corrected chi connectivity index (χ4v) is 8.21. The number of rotatable bonds is 5. The summed E-state index contributed by atoms with van der Waals surface area (Å²) >= 11 is 0. The van der Waals surface area contributed by atoms with Gasteiger partial charge in [0.1, 0.15) is 17.2 Å². The monoisotopic (exact) mass is 740 g/mol. The lowest BCUT2D eigenvalue weighted by Gasteiger charge is -2.23. The van der Waals surface area contributed by atoms with E-state index in [1.54, 1.807) is 33.4 Å². The zero-order valence-corrected chi connectivity index (χ0v) is 29.5. The molecule has 0 N–H and O–H groups in total. The second kappa shape index (κ2) is 12.8. The van der Waals surface area contributed by atoms with E-state index >= 15 is 17.6 Å². The van der Waals surface area contributed by atoms with Crippen LogP contribution in [-0.2, 0) is 6.18 Å². The molecular formula is C49H29F5N2. The van der Waals surface area contributed by atoms with Gasteiger partial charge < -0.3 is 9.13 Å². The van der Waals surface area contributed by atoms with Gasteiger partial charge in [-0.25, -0.2) is 8.78 Å². The highest BCUT2D eigenvalue weighted by atomic mass is 19.4. The molecule has 2 nitrogen and oxygen atoms in total. The van der Waals surface area contributed by atoms with Crippen molar-refractivity contribution >= 4 is 43.6 Å². The lowest BCUT2D eigenvalue weighted by Crippen LogP contribution is -2.16. The molecule has 0 bridgehead atoms. The van der Waals surface area contributed by atoms with Crippen molar-refractivity contribution in [3.63, 3.8) is 0 Å². The highest BCUT2D eigenvalue weighted by Gasteiger charge is 2.39. The second-order valence-corrected chi connectivity index (χ2v) is 13.9. The summed E-state index contributed by atoms with van der Waals surface area (Å²) in [6.45, 7) is 0. The van der Waals surface area contributed by atoms with Gasteiger partial charge in [0.05, 0.1) is 33.4 Å². The molecule has 10 aromatic rings. The highest BCUT2D eigenvalue weighted by molar-refractivity contribution is 6.12. The summed E-state index contributed by atoms with van der Waals surface area (Å²) in [4.78, 5) is 0. The Labute approximate surface area is 317 Å². The van der Waals surface area contributed by atoms with Crippen LogP contribution >= 0.6 is 0 Å². The fraction of sp³-hybridized carbons (Fsp3) is 0.0204. The first-order valence-electron chi connectivity index (χ1n) is 18.1. The molecule has 0 aliphatic heterocycles. The predicted octanol–water partition coefficient (Wildman–Crippen LogP) is 14.2. The van der Waals surface area contributed by atoms with Crippen LogP contribution in [0.2, 0.25) is 0 Å². The van der Waals surface area contributed by atoms with E-state index in [9.17, 15) is 4.39 Å². The first-order valence-corrected chi connectivity index (χ1v) is 18.1. The van der Waals surface area contributed by atoms with Crippen LogP contribution < -0.4 is 0 Å². The molecule has 0 spiro atoms. The number of fused-ring (bicyclic) bond motifs is 6. The van der Waals surface area contributed by atoms with Crippen LogP contribution in [0, 0.1) is 11.6 Å². The molecule has 0 atom stereocenters. The van der Waals surface area contributed by atoms with Gasteiger partial charge in [-0.3, -0.25) is 0 Å². The van der Waals surface area contributed by atoms with Crippen molar-refractivity contribution in [2.75, 3.05) is 0 Å². The van der Waals surface area contributed by atoms with E-state index in [-0.39, 0.29) is 22.5 Å². The van der Waals surface area contributed by atoms with Crippen LogP contribution in [0.4, 0.5) is 22.0 Å². The second-order valence-electron chi connectivity index (χ2n) is 13.9. The first-order chi connectivity index (χ1) is 27.2. The molecule has 0 amide bonds. The van der Waals surface area contributed by atoms with E-state index in [2.05, 4.69) is 0 Å². The minimum atomic E-state index is -4.89. The van der Waals surface area contributed by atoms with Gasteiger partial charge >= 0.3 is 6.18 Å². The third kappa shape index (κ3) is 5.38. The van der Waals surface area contributed by atoms with Crippen LogP contribution in [-0.4, -0.2) is 9.13 Å². The summed E-state index contributed by atoms with van der Waals surface area (Å²) in [5, 5.41) is 3.05. The third-order valence-corrected chi connectivity index (χ3v) is 10.7. The molecule has 10 rings (SSSR count). The number of hydrogen-bond donors (Lipinski definition) is 0. The topological polar surface area (TPSA) is 9.86 Å². The van der Waals surface area contributed by atoms with Gasteiger partial charge in [0.25, 0.3) is 0 Å². The summed E-state index contributed by atoms with van der Waals surface area (Å²) in [6.07, 6.45) is -4.89. The van der Waals surface area contributed by atoms with Crippen LogP contribution in [0.15, 0.2) is 176 Å². The number of nitrogens with zero attached hydrogens (tertiary/aromatic N) is 2. The highest BCUT2D eigenvalue weighted by Crippen LogP contribution is 2.47. The molecule has 2 heterocycles. The quantitative estimate of drug-likeness (QED) is 0.156. The van der Waals surface area contributed by atoms with Crippen LogP contribution in [0.5, 0.6) is 0 Å². The number of para-hydroxylation sites is 2. The lowest BCUT2D eigenvalue weighted by atomic mass is 9.98. The minimum absolute atomic E-state index is 0.0286. The van der Waals surface area contributed by atoms with Gasteiger partial charge in [-0.15, -0.1) is 0 Å². The molecule has 2 aromatic heterocycles. The molecule has 56 heavy (non-hydrogen) atoms. The Balaban J connectivity index is 1.39. The van der Waals surface area contributed by atoms with E-state index < -0.39 is 23.4 Å². The Morgan fingerprint density at radius 2 is 0.804 bits per heavy atom. The van der Waals surface area contributed by atoms with Crippen molar-refractivity contribution < 1.29 is 22.0 Å². The number of hydrogen-bond acceptors (Lipinski definition) is 0. The minimum Gasteiger partial charge on any atom is -0.309 e. The Hall–Kier alpha value is -6.99. The predicted molar refractivity (Wildman–Crippen MR) is 216 cm³/mol. The number of halogens is 5. The summed E-state index contributed by atoms with van der Waals surface area (Å²) in [6, 6.07) is 51.6. The van der Waals surface area contributed by atoms with Crippen molar-refractivity contribution in [3.05, 3.63) is 193 Å². The molecule has 8 aromatic carbocycles. The largest absolute Gasteiger partial charge is 0.420 e. The van der Waals surface area contributed by atoms with E-state index in [1.807, 2.05) is 121 Å². The van der Waals surface area contributed by atoms with Gasteiger partial charge in [-0.1, -0.05) is 121 Å². The summed E-state index contributed by atoms with van der Waals surface area (Å²) < 4.78 is 82.3. The normalized spacial score (nSPS) is 12.0. The zero-order valence-electron chi connectivity index (χ0n) is 29.5. The standard InChI is InChI=1S/C49H29F5N2/c50-35-21-24-36(41(51)29-35)34-27-46(55-42-17-9-7-15-37(42)39-22-19-32(25-44(39)55)30-11-3-1-4-12-30)48(49(52,53)54)47(28-34)56-43-18-10-8-16-38(43)40-23-20-33(26-45(40)56)31-13-5-2-6-14-31/h1-29H. The summed E-state index contributed by atoms with van der Waals surface area (Å²) in [5.41, 5.74) is 4.53. The van der Waals surface area contributed by atoms with Gasteiger partial charge in [-0.05, 0) is 76.3 Å². The van der Waals surface area contributed by atoms with Gasteiger partial charge in [-0.2, -0.15) is 13.2 Å². The Kier molecular flexibility index (Phi) is 7.68. The molecule has 0 aliphatic rings. The summed E-state index contributed by atoms with van der Waals surface area (Å²) in [5.74, 6) is -1.67. The van der Waals surface area contributed by atoms with Crippen molar-refractivity contribution in [2.24, 2.45) is 0 Å². The molecule has 0 unspecified atom stereocenters. The molecule has 0 saturated heterocycles. The molecule has 0 fully saturated rings. The molecular weight excluding hydrogens is 712 g/mol. The average molecular weight is 741 g/mol. The van der Waals surface area contributed by atoms with Gasteiger partial charge in [0, 0.05) is 33.2 Å². The Bertz CT molecular complexity index is 2960. The van der Waals surface area contributed by atoms with Gasteiger partial charge in [0.2, 0.25) is 0 Å². The third-order valence-electron chi connectivity index (χ3n) is 10.7. The molecule has 7 heteroatoms. The van der Waals surface area contributed by atoms with Crippen LogP contribution in [0.1, 0.15) is 5.56 Å². The molecule has 270 valence electrons. The maximum absolute atomic E-state index is 16.3. The molecule has 0 saturated carbocycles. The van der Waals surface area contributed by atoms with Crippen molar-refractivity contribution in [3.8, 4) is 44.8 Å². The van der Waals surface area contributed by atoms with E-state index in [0.29, 0.717) is 22.1 Å². The maximum atomic E-state index is 16.3. The first kappa shape index (κ1) is 33.6. The van der Waals surface area contributed by atoms with Crippen LogP contribution in [0.3, 0.4) is 0 Å². The SMILES string of the molecule is Fc1ccc(-c2cc(-n3c4ccccc4c4ccc(-c5ccccc5)cc43)c(C(F)(F)F)c(-n3c4ccccc4c4ccc(-c5ccccc5)cc43)c2)c(F)c1. The molecule has 0 radical (unpaired) electrons. The number of aromatic nitrogens is 2.